The molecule has 0 saturated heterocycles. The predicted octanol–water partition coefficient (Wildman–Crippen LogP) is 2.32. The molecular weight excluding hydrogens is 264 g/mol. The number of hydrogen-bond donors (Lipinski definition) is 2. The molecule has 0 aromatic heterocycles. The minimum Gasteiger partial charge on any atom is -0.374 e. The van der Waals surface area contributed by atoms with Crippen LogP contribution in [0.5, 0.6) is 0 Å². The summed E-state index contributed by atoms with van der Waals surface area (Å²) in [5.41, 5.74) is 1.94. The van der Waals surface area contributed by atoms with Crippen molar-refractivity contribution in [2.45, 2.75) is 38.4 Å². The van der Waals surface area contributed by atoms with Crippen molar-refractivity contribution >= 4 is 5.91 Å². The van der Waals surface area contributed by atoms with Gasteiger partial charge < -0.3 is 15.4 Å². The lowest BCUT2D eigenvalue weighted by molar-refractivity contribution is -0.117. The van der Waals surface area contributed by atoms with Gasteiger partial charge in [-0.05, 0) is 37.2 Å². The summed E-state index contributed by atoms with van der Waals surface area (Å²) in [5.74, 6) is 0.613. The molecule has 1 aromatic carbocycles. The van der Waals surface area contributed by atoms with Gasteiger partial charge in [-0.2, -0.15) is 0 Å². The van der Waals surface area contributed by atoms with E-state index in [1.165, 1.54) is 5.56 Å². The minimum atomic E-state index is 0.0254. The summed E-state index contributed by atoms with van der Waals surface area (Å²) in [6.07, 6.45) is 6.54. The fourth-order valence-corrected chi connectivity index (χ4v) is 2.79. The average molecular weight is 286 g/mol. The third kappa shape index (κ3) is 4.33. The Labute approximate surface area is 125 Å². The van der Waals surface area contributed by atoms with E-state index in [1.54, 1.807) is 6.20 Å². The summed E-state index contributed by atoms with van der Waals surface area (Å²) < 4.78 is 5.98. The van der Waals surface area contributed by atoms with Crippen LogP contribution in [0.25, 0.3) is 0 Å². The molecule has 4 heteroatoms. The van der Waals surface area contributed by atoms with E-state index in [4.69, 9.17) is 4.74 Å². The third-order valence-corrected chi connectivity index (χ3v) is 4.21. The fraction of sp³-hybridized carbons (Fsp3) is 0.471. The first-order valence-electron chi connectivity index (χ1n) is 7.71. The normalized spacial score (nSPS) is 23.9. The van der Waals surface area contributed by atoms with Gasteiger partial charge in [-0.1, -0.05) is 30.3 Å². The Morgan fingerprint density at radius 2 is 1.90 bits per heavy atom. The van der Waals surface area contributed by atoms with E-state index >= 15 is 0 Å². The molecule has 1 fully saturated rings. The van der Waals surface area contributed by atoms with E-state index < -0.39 is 0 Å². The van der Waals surface area contributed by atoms with E-state index in [1.807, 2.05) is 18.2 Å². The Kier molecular flexibility index (Phi) is 4.55. The SMILES string of the molecule is O=C(NCC1CCC(OCc2ccccc2)CC1)C1=CN1. The monoisotopic (exact) mass is 286 g/mol. The van der Waals surface area contributed by atoms with Crippen LogP contribution in [-0.2, 0) is 16.1 Å². The number of hydrogen-bond acceptors (Lipinski definition) is 3. The van der Waals surface area contributed by atoms with Crippen molar-refractivity contribution in [2.75, 3.05) is 6.54 Å². The number of nitrogens with one attached hydrogen (secondary N) is 2. The quantitative estimate of drug-likeness (QED) is 0.843. The molecule has 2 aliphatic rings. The number of benzene rings is 1. The van der Waals surface area contributed by atoms with Crippen molar-refractivity contribution in [2.24, 2.45) is 5.92 Å². The zero-order valence-electron chi connectivity index (χ0n) is 12.2. The van der Waals surface area contributed by atoms with Crippen molar-refractivity contribution in [3.05, 3.63) is 47.8 Å². The fourth-order valence-electron chi connectivity index (χ4n) is 2.79. The Balaban J connectivity index is 1.33. The van der Waals surface area contributed by atoms with Crippen molar-refractivity contribution in [1.29, 1.82) is 0 Å². The van der Waals surface area contributed by atoms with E-state index in [-0.39, 0.29) is 5.91 Å². The molecule has 1 aliphatic heterocycles. The van der Waals surface area contributed by atoms with Crippen molar-refractivity contribution in [3.8, 4) is 0 Å². The van der Waals surface area contributed by atoms with Crippen LogP contribution < -0.4 is 10.6 Å². The molecule has 0 bridgehead atoms. The highest BCUT2D eigenvalue weighted by atomic mass is 16.5. The third-order valence-electron chi connectivity index (χ3n) is 4.21. The molecule has 0 atom stereocenters. The number of amides is 1. The topological polar surface area (TPSA) is 60.3 Å². The Morgan fingerprint density at radius 1 is 1.19 bits per heavy atom. The molecule has 1 aliphatic carbocycles. The highest BCUT2D eigenvalue weighted by Gasteiger charge is 2.23. The molecule has 3 rings (SSSR count). The highest BCUT2D eigenvalue weighted by molar-refractivity contribution is 5.96. The molecule has 0 radical (unpaired) electrons. The van der Waals surface area contributed by atoms with Crippen molar-refractivity contribution in [3.63, 3.8) is 0 Å². The molecule has 2 N–H and O–H groups in total. The molecule has 1 amide bonds. The molecule has 112 valence electrons. The first-order chi connectivity index (χ1) is 10.3. The van der Waals surface area contributed by atoms with Crippen LogP contribution in [0.4, 0.5) is 0 Å². The predicted molar refractivity (Wildman–Crippen MR) is 81.2 cm³/mol. The molecule has 21 heavy (non-hydrogen) atoms. The second kappa shape index (κ2) is 6.76. The average Bonchev–Trinajstić information content (AvgIpc) is 3.37. The second-order valence-electron chi connectivity index (χ2n) is 5.85. The number of carbonyl (C=O) groups is 1. The van der Waals surface area contributed by atoms with Gasteiger partial charge in [0.2, 0.25) is 0 Å². The zero-order valence-corrected chi connectivity index (χ0v) is 12.2. The highest BCUT2D eigenvalue weighted by Crippen LogP contribution is 2.26. The molecule has 0 unspecified atom stereocenters. The van der Waals surface area contributed by atoms with Gasteiger partial charge in [0.1, 0.15) is 5.70 Å². The van der Waals surface area contributed by atoms with Crippen LogP contribution in [0.1, 0.15) is 31.2 Å². The van der Waals surface area contributed by atoms with Gasteiger partial charge in [-0.3, -0.25) is 4.79 Å². The van der Waals surface area contributed by atoms with Crippen LogP contribution in [-0.4, -0.2) is 18.6 Å². The number of rotatable bonds is 6. The molecule has 1 heterocycles. The summed E-state index contributed by atoms with van der Waals surface area (Å²) in [4.78, 5) is 11.5. The summed E-state index contributed by atoms with van der Waals surface area (Å²) in [6, 6.07) is 10.3. The van der Waals surface area contributed by atoms with Gasteiger partial charge in [0.25, 0.3) is 5.91 Å². The zero-order chi connectivity index (χ0) is 14.5. The Morgan fingerprint density at radius 3 is 2.57 bits per heavy atom. The largest absolute Gasteiger partial charge is 0.374 e. The van der Waals surface area contributed by atoms with Gasteiger partial charge in [0.15, 0.2) is 0 Å². The van der Waals surface area contributed by atoms with Crippen molar-refractivity contribution in [1.82, 2.24) is 10.6 Å². The Bertz CT molecular complexity index is 505. The van der Waals surface area contributed by atoms with Crippen LogP contribution in [0.15, 0.2) is 42.2 Å². The summed E-state index contributed by atoms with van der Waals surface area (Å²) in [7, 11) is 0. The van der Waals surface area contributed by atoms with Gasteiger partial charge in [0, 0.05) is 12.7 Å². The van der Waals surface area contributed by atoms with E-state index in [0.717, 1.165) is 32.2 Å². The molecule has 0 spiro atoms. The minimum absolute atomic E-state index is 0.0254. The smallest absolute Gasteiger partial charge is 0.269 e. The number of ether oxygens (including phenoxy) is 1. The lowest BCUT2D eigenvalue weighted by Crippen LogP contribution is -2.32. The lowest BCUT2D eigenvalue weighted by atomic mass is 9.87. The Hall–Kier alpha value is -1.81. The summed E-state index contributed by atoms with van der Waals surface area (Å²) in [5, 5.41) is 5.80. The lowest BCUT2D eigenvalue weighted by Gasteiger charge is -2.28. The van der Waals surface area contributed by atoms with Crippen LogP contribution in [0, 0.1) is 5.92 Å². The first-order valence-corrected chi connectivity index (χ1v) is 7.71. The maximum atomic E-state index is 11.5. The first kappa shape index (κ1) is 14.1. The second-order valence-corrected chi connectivity index (χ2v) is 5.85. The maximum absolute atomic E-state index is 11.5. The van der Waals surface area contributed by atoms with Gasteiger partial charge in [-0.25, -0.2) is 0 Å². The van der Waals surface area contributed by atoms with E-state index in [9.17, 15) is 4.79 Å². The molecule has 1 saturated carbocycles. The summed E-state index contributed by atoms with van der Waals surface area (Å²) in [6.45, 7) is 1.48. The molecule has 4 nitrogen and oxygen atoms in total. The van der Waals surface area contributed by atoms with Gasteiger partial charge in [0.05, 0.1) is 12.7 Å². The van der Waals surface area contributed by atoms with E-state index in [0.29, 0.717) is 24.3 Å². The van der Waals surface area contributed by atoms with E-state index in [2.05, 4.69) is 22.8 Å². The van der Waals surface area contributed by atoms with Gasteiger partial charge in [-0.15, -0.1) is 0 Å². The van der Waals surface area contributed by atoms with Gasteiger partial charge >= 0.3 is 0 Å². The van der Waals surface area contributed by atoms with Crippen LogP contribution >= 0.6 is 0 Å². The summed E-state index contributed by atoms with van der Waals surface area (Å²) >= 11 is 0. The van der Waals surface area contributed by atoms with Crippen LogP contribution in [0.3, 0.4) is 0 Å². The molecule has 1 aromatic rings. The van der Waals surface area contributed by atoms with Crippen LogP contribution in [0.2, 0.25) is 0 Å². The standard InChI is InChI=1S/C17H22N2O2/c20-17(16-11-18-16)19-10-13-6-8-15(9-7-13)21-12-14-4-2-1-3-5-14/h1-5,11,13,15,18H,6-10,12H2,(H,19,20). The number of carbonyl (C=O) groups excluding carboxylic acids is 1. The van der Waals surface area contributed by atoms with Crippen molar-refractivity contribution < 1.29 is 9.53 Å². The molecular formula is C17H22N2O2. The maximum Gasteiger partial charge on any atom is 0.269 e.